The lowest BCUT2D eigenvalue weighted by atomic mass is 10.1. The topological polar surface area (TPSA) is 88.5 Å². The summed E-state index contributed by atoms with van der Waals surface area (Å²) >= 11 is 0. The van der Waals surface area contributed by atoms with E-state index in [1.807, 2.05) is 4.90 Å². The van der Waals surface area contributed by atoms with Crippen LogP contribution in [0, 0.1) is 0 Å². The van der Waals surface area contributed by atoms with Crippen LogP contribution in [0.3, 0.4) is 0 Å². The van der Waals surface area contributed by atoms with Gasteiger partial charge in [0.25, 0.3) is 0 Å². The van der Waals surface area contributed by atoms with Crippen LogP contribution in [0.25, 0.3) is 0 Å². The zero-order valence-electron chi connectivity index (χ0n) is 13.9. The van der Waals surface area contributed by atoms with Crippen LogP contribution in [0.4, 0.5) is 0 Å². The second-order valence-corrected chi connectivity index (χ2v) is 6.67. The molecule has 1 atom stereocenters. The van der Waals surface area contributed by atoms with Crippen LogP contribution in [-0.4, -0.2) is 58.1 Å². The van der Waals surface area contributed by atoms with E-state index in [2.05, 4.69) is 22.0 Å². The summed E-state index contributed by atoms with van der Waals surface area (Å²) in [6.45, 7) is 6.03. The molecule has 1 unspecified atom stereocenters. The van der Waals surface area contributed by atoms with Gasteiger partial charge < -0.3 is 15.2 Å². The van der Waals surface area contributed by atoms with Gasteiger partial charge in [-0.2, -0.15) is 4.98 Å². The van der Waals surface area contributed by atoms with E-state index >= 15 is 0 Å². The van der Waals surface area contributed by atoms with E-state index in [0.29, 0.717) is 12.5 Å². The fourth-order valence-electron chi connectivity index (χ4n) is 3.05. The first-order valence-corrected chi connectivity index (χ1v) is 8.76. The van der Waals surface area contributed by atoms with Gasteiger partial charge in [0.1, 0.15) is 0 Å². The number of nitrogens with zero attached hydrogens (tertiary/aromatic N) is 4. The third-order valence-corrected chi connectivity index (χ3v) is 4.59. The Morgan fingerprint density at radius 2 is 2.17 bits per heavy atom. The van der Waals surface area contributed by atoms with Gasteiger partial charge in [-0.25, -0.2) is 0 Å². The zero-order valence-corrected chi connectivity index (χ0v) is 13.9. The molecule has 2 fully saturated rings. The second-order valence-electron chi connectivity index (χ2n) is 6.67. The first-order valence-electron chi connectivity index (χ1n) is 8.76. The highest BCUT2D eigenvalue weighted by atomic mass is 16.5. The molecule has 2 aliphatic rings. The summed E-state index contributed by atoms with van der Waals surface area (Å²) < 4.78 is 5.31. The van der Waals surface area contributed by atoms with Gasteiger partial charge in [0.2, 0.25) is 11.8 Å². The maximum atomic E-state index is 12.3. The van der Waals surface area contributed by atoms with Crippen molar-refractivity contribution in [2.75, 3.05) is 26.2 Å². The molecule has 0 bridgehead atoms. The molecule has 2 heterocycles. The molecule has 23 heavy (non-hydrogen) atoms. The predicted molar refractivity (Wildman–Crippen MR) is 85.6 cm³/mol. The van der Waals surface area contributed by atoms with Crippen molar-refractivity contribution in [3.05, 3.63) is 11.7 Å². The molecule has 0 aromatic carbocycles. The SMILES string of the molecule is CCCC(N)C(=O)N1CCCN(Cc2noc(C3CC3)n2)CC1. The van der Waals surface area contributed by atoms with E-state index in [1.54, 1.807) is 0 Å². The molecule has 1 saturated heterocycles. The standard InChI is InChI=1S/C16H27N5O2/c1-2-4-13(17)16(22)21-8-3-7-20(9-10-21)11-14-18-15(23-19-14)12-5-6-12/h12-13H,2-11,17H2,1H3. The quantitative estimate of drug-likeness (QED) is 0.844. The summed E-state index contributed by atoms with van der Waals surface area (Å²) in [5.74, 6) is 2.13. The van der Waals surface area contributed by atoms with E-state index in [9.17, 15) is 4.79 Å². The van der Waals surface area contributed by atoms with Crippen molar-refractivity contribution in [1.82, 2.24) is 19.9 Å². The van der Waals surface area contributed by atoms with E-state index < -0.39 is 0 Å². The van der Waals surface area contributed by atoms with Crippen molar-refractivity contribution in [1.29, 1.82) is 0 Å². The van der Waals surface area contributed by atoms with Gasteiger partial charge in [-0.3, -0.25) is 9.69 Å². The predicted octanol–water partition coefficient (Wildman–Crippen LogP) is 1.11. The zero-order chi connectivity index (χ0) is 16.2. The van der Waals surface area contributed by atoms with Crippen molar-refractivity contribution in [2.45, 2.75) is 57.5 Å². The maximum absolute atomic E-state index is 12.3. The molecule has 1 saturated carbocycles. The molecule has 1 aliphatic carbocycles. The van der Waals surface area contributed by atoms with Crippen molar-refractivity contribution in [3.63, 3.8) is 0 Å². The Bertz CT molecular complexity index is 528. The fraction of sp³-hybridized carbons (Fsp3) is 0.812. The monoisotopic (exact) mass is 321 g/mol. The van der Waals surface area contributed by atoms with Crippen molar-refractivity contribution < 1.29 is 9.32 Å². The normalized spacial score (nSPS) is 21.2. The number of carbonyl (C=O) groups excluding carboxylic acids is 1. The highest BCUT2D eigenvalue weighted by molar-refractivity contribution is 5.81. The first-order chi connectivity index (χ1) is 11.2. The summed E-state index contributed by atoms with van der Waals surface area (Å²) in [6.07, 6.45) is 4.98. The number of rotatable bonds is 6. The van der Waals surface area contributed by atoms with Crippen LogP contribution in [0.1, 0.15) is 56.7 Å². The average Bonchev–Trinajstić information content (AvgIpc) is 3.32. The Kier molecular flexibility index (Phi) is 5.27. The molecule has 1 aromatic heterocycles. The number of hydrogen-bond acceptors (Lipinski definition) is 6. The van der Waals surface area contributed by atoms with Gasteiger partial charge in [-0.1, -0.05) is 18.5 Å². The summed E-state index contributed by atoms with van der Waals surface area (Å²) in [6, 6.07) is -0.357. The van der Waals surface area contributed by atoms with E-state index in [1.165, 1.54) is 12.8 Å². The average molecular weight is 321 g/mol. The molecular formula is C16H27N5O2. The van der Waals surface area contributed by atoms with Gasteiger partial charge in [-0.05, 0) is 25.7 Å². The molecule has 7 heteroatoms. The second kappa shape index (κ2) is 7.40. The first kappa shape index (κ1) is 16.4. The number of nitrogens with two attached hydrogens (primary N) is 1. The minimum Gasteiger partial charge on any atom is -0.340 e. The summed E-state index contributed by atoms with van der Waals surface area (Å²) in [7, 11) is 0. The van der Waals surface area contributed by atoms with Gasteiger partial charge in [0.05, 0.1) is 12.6 Å². The van der Waals surface area contributed by atoms with Gasteiger partial charge >= 0.3 is 0 Å². The molecular weight excluding hydrogens is 294 g/mol. The van der Waals surface area contributed by atoms with E-state index in [4.69, 9.17) is 10.3 Å². The third-order valence-electron chi connectivity index (χ3n) is 4.59. The van der Waals surface area contributed by atoms with Crippen LogP contribution >= 0.6 is 0 Å². The molecule has 3 rings (SSSR count). The van der Waals surface area contributed by atoms with Gasteiger partial charge in [0.15, 0.2) is 5.82 Å². The van der Waals surface area contributed by atoms with Gasteiger partial charge in [-0.15, -0.1) is 0 Å². The van der Waals surface area contributed by atoms with E-state index in [0.717, 1.165) is 57.2 Å². The minimum absolute atomic E-state index is 0.0873. The number of hydrogen-bond donors (Lipinski definition) is 1. The molecule has 128 valence electrons. The summed E-state index contributed by atoms with van der Waals surface area (Å²) in [4.78, 5) is 21.0. The fourth-order valence-corrected chi connectivity index (χ4v) is 3.05. The number of amides is 1. The largest absolute Gasteiger partial charge is 0.340 e. The van der Waals surface area contributed by atoms with Crippen LogP contribution < -0.4 is 5.73 Å². The Hall–Kier alpha value is -1.47. The smallest absolute Gasteiger partial charge is 0.239 e. The lowest BCUT2D eigenvalue weighted by molar-refractivity contribution is -0.132. The Morgan fingerprint density at radius 3 is 2.91 bits per heavy atom. The molecule has 2 N–H and O–H groups in total. The summed E-state index contributed by atoms with van der Waals surface area (Å²) in [5, 5.41) is 4.08. The minimum atomic E-state index is -0.357. The van der Waals surface area contributed by atoms with Crippen LogP contribution in [0.5, 0.6) is 0 Å². The molecule has 0 spiro atoms. The molecule has 0 radical (unpaired) electrons. The third kappa shape index (κ3) is 4.29. The lowest BCUT2D eigenvalue weighted by Gasteiger charge is -2.24. The van der Waals surface area contributed by atoms with Crippen LogP contribution in [-0.2, 0) is 11.3 Å². The Balaban J connectivity index is 1.50. The van der Waals surface area contributed by atoms with Crippen LogP contribution in [0.15, 0.2) is 4.52 Å². The Labute approximate surface area is 137 Å². The lowest BCUT2D eigenvalue weighted by Crippen LogP contribution is -2.45. The molecule has 1 amide bonds. The van der Waals surface area contributed by atoms with Gasteiger partial charge in [0, 0.05) is 32.1 Å². The highest BCUT2D eigenvalue weighted by Crippen LogP contribution is 2.38. The molecule has 1 aromatic rings. The number of carbonyl (C=O) groups is 1. The molecule has 7 nitrogen and oxygen atoms in total. The van der Waals surface area contributed by atoms with Crippen molar-refractivity contribution >= 4 is 5.91 Å². The maximum Gasteiger partial charge on any atom is 0.239 e. The van der Waals surface area contributed by atoms with E-state index in [-0.39, 0.29) is 11.9 Å². The molecule has 1 aliphatic heterocycles. The Morgan fingerprint density at radius 1 is 1.35 bits per heavy atom. The van der Waals surface area contributed by atoms with Crippen molar-refractivity contribution in [3.8, 4) is 0 Å². The summed E-state index contributed by atoms with van der Waals surface area (Å²) in [5.41, 5.74) is 5.97. The van der Waals surface area contributed by atoms with Crippen LogP contribution in [0.2, 0.25) is 0 Å². The van der Waals surface area contributed by atoms with Crippen molar-refractivity contribution in [2.24, 2.45) is 5.73 Å². The number of aromatic nitrogens is 2. The highest BCUT2D eigenvalue weighted by Gasteiger charge is 2.30.